The van der Waals surface area contributed by atoms with Gasteiger partial charge in [0.25, 0.3) is 5.22 Å². The summed E-state index contributed by atoms with van der Waals surface area (Å²) in [4.78, 5) is 0.530. The first-order valence-electron chi connectivity index (χ1n) is 5.66. The van der Waals surface area contributed by atoms with Crippen LogP contribution in [-0.4, -0.2) is 16.7 Å². The minimum atomic E-state index is -0.272. The van der Waals surface area contributed by atoms with E-state index >= 15 is 0 Å². The second kappa shape index (κ2) is 5.97. The van der Waals surface area contributed by atoms with E-state index < -0.39 is 0 Å². The number of aromatic nitrogens is 2. The Hall–Kier alpha value is -1.40. The van der Waals surface area contributed by atoms with Gasteiger partial charge in [-0.1, -0.05) is 19.1 Å². The summed E-state index contributed by atoms with van der Waals surface area (Å²) in [5.41, 5.74) is 0.887. The summed E-state index contributed by atoms with van der Waals surface area (Å²) >= 11 is 1.16. The monoisotopic (exact) mass is 267 g/mol. The lowest BCUT2D eigenvalue weighted by molar-refractivity contribution is 0.428. The summed E-state index contributed by atoms with van der Waals surface area (Å²) in [5, 5.41) is 11.1. The number of hydrogen-bond donors (Lipinski definition) is 1. The minimum absolute atomic E-state index is 0.272. The number of nitrogens with one attached hydrogen (secondary N) is 1. The highest BCUT2D eigenvalue weighted by Crippen LogP contribution is 2.31. The van der Waals surface area contributed by atoms with Crippen LogP contribution in [0.4, 0.5) is 4.39 Å². The Morgan fingerprint density at radius 2 is 2.22 bits per heavy atom. The standard InChI is InChI=1S/C12H14FN3OS/c1-3-14-7-9-5-4-6-10(13)11(9)18-12-16-15-8(2)17-12/h4-6,14H,3,7H2,1-2H3. The molecule has 4 nitrogen and oxygen atoms in total. The van der Waals surface area contributed by atoms with Crippen LogP contribution < -0.4 is 5.32 Å². The van der Waals surface area contributed by atoms with Crippen LogP contribution in [0.25, 0.3) is 0 Å². The lowest BCUT2D eigenvalue weighted by Crippen LogP contribution is -2.12. The molecular weight excluding hydrogens is 253 g/mol. The van der Waals surface area contributed by atoms with Crippen LogP contribution in [0.5, 0.6) is 0 Å². The number of nitrogens with zero attached hydrogens (tertiary/aromatic N) is 2. The molecule has 2 aromatic rings. The molecule has 1 aromatic carbocycles. The third-order valence-electron chi connectivity index (χ3n) is 2.31. The molecule has 0 amide bonds. The highest BCUT2D eigenvalue weighted by molar-refractivity contribution is 7.99. The van der Waals surface area contributed by atoms with Crippen molar-refractivity contribution in [2.45, 2.75) is 30.5 Å². The molecule has 0 fully saturated rings. The van der Waals surface area contributed by atoms with E-state index in [-0.39, 0.29) is 5.82 Å². The lowest BCUT2D eigenvalue weighted by atomic mass is 10.2. The first-order chi connectivity index (χ1) is 8.70. The van der Waals surface area contributed by atoms with Crippen molar-refractivity contribution in [1.29, 1.82) is 0 Å². The molecule has 0 unspecified atom stereocenters. The molecule has 0 bridgehead atoms. The maximum Gasteiger partial charge on any atom is 0.281 e. The van der Waals surface area contributed by atoms with E-state index in [9.17, 15) is 4.39 Å². The molecule has 2 rings (SSSR count). The molecule has 1 N–H and O–H groups in total. The molecular formula is C12H14FN3OS. The average Bonchev–Trinajstić information content (AvgIpc) is 2.76. The van der Waals surface area contributed by atoms with Crippen molar-refractivity contribution < 1.29 is 8.81 Å². The fourth-order valence-corrected chi connectivity index (χ4v) is 2.33. The maximum absolute atomic E-state index is 13.8. The van der Waals surface area contributed by atoms with Gasteiger partial charge in [0.2, 0.25) is 5.89 Å². The Morgan fingerprint density at radius 3 is 2.89 bits per heavy atom. The van der Waals surface area contributed by atoms with Crippen molar-refractivity contribution in [2.75, 3.05) is 6.54 Å². The molecule has 18 heavy (non-hydrogen) atoms. The van der Waals surface area contributed by atoms with Crippen LogP contribution in [0.3, 0.4) is 0 Å². The van der Waals surface area contributed by atoms with E-state index in [0.717, 1.165) is 23.9 Å². The van der Waals surface area contributed by atoms with Crippen LogP contribution in [0.1, 0.15) is 18.4 Å². The summed E-state index contributed by atoms with van der Waals surface area (Å²) in [6, 6.07) is 5.02. The fourth-order valence-electron chi connectivity index (χ4n) is 1.47. The third-order valence-corrected chi connectivity index (χ3v) is 3.31. The summed E-state index contributed by atoms with van der Waals surface area (Å²) < 4.78 is 19.1. The number of rotatable bonds is 5. The van der Waals surface area contributed by atoms with Crippen LogP contribution >= 0.6 is 11.8 Å². The van der Waals surface area contributed by atoms with Crippen molar-refractivity contribution in [2.24, 2.45) is 0 Å². The molecule has 0 saturated carbocycles. The molecule has 0 spiro atoms. The molecule has 0 aliphatic rings. The van der Waals surface area contributed by atoms with Crippen molar-refractivity contribution in [3.05, 3.63) is 35.5 Å². The van der Waals surface area contributed by atoms with Gasteiger partial charge in [0.05, 0.1) is 4.90 Å². The first kappa shape index (κ1) is 13.0. The zero-order chi connectivity index (χ0) is 13.0. The van der Waals surface area contributed by atoms with Gasteiger partial charge in [-0.15, -0.1) is 10.2 Å². The second-order valence-corrected chi connectivity index (χ2v) is 4.66. The molecule has 0 saturated heterocycles. The lowest BCUT2D eigenvalue weighted by Gasteiger charge is -2.08. The topological polar surface area (TPSA) is 51.0 Å². The normalized spacial score (nSPS) is 10.8. The van der Waals surface area contributed by atoms with E-state index in [1.54, 1.807) is 13.0 Å². The Balaban J connectivity index is 2.24. The smallest absolute Gasteiger partial charge is 0.281 e. The SMILES string of the molecule is CCNCc1cccc(F)c1Sc1nnc(C)o1. The summed E-state index contributed by atoms with van der Waals surface area (Å²) in [5.74, 6) is 0.202. The van der Waals surface area contributed by atoms with Gasteiger partial charge >= 0.3 is 0 Å². The Kier molecular flexibility index (Phi) is 4.33. The van der Waals surface area contributed by atoms with Gasteiger partial charge < -0.3 is 9.73 Å². The summed E-state index contributed by atoms with van der Waals surface area (Å²) in [6.07, 6.45) is 0. The van der Waals surface area contributed by atoms with Crippen LogP contribution in [-0.2, 0) is 6.54 Å². The van der Waals surface area contributed by atoms with Gasteiger partial charge in [-0.3, -0.25) is 0 Å². The minimum Gasteiger partial charge on any atom is -0.416 e. The molecule has 0 aliphatic heterocycles. The largest absolute Gasteiger partial charge is 0.416 e. The number of aryl methyl sites for hydroxylation is 1. The van der Waals surface area contributed by atoms with Gasteiger partial charge in [-0.25, -0.2) is 4.39 Å². The molecule has 1 heterocycles. The van der Waals surface area contributed by atoms with Crippen LogP contribution in [0.15, 0.2) is 32.7 Å². The van der Waals surface area contributed by atoms with Gasteiger partial charge in [-0.05, 0) is 29.9 Å². The van der Waals surface area contributed by atoms with E-state index in [4.69, 9.17) is 4.42 Å². The zero-order valence-corrected chi connectivity index (χ0v) is 11.1. The van der Waals surface area contributed by atoms with Crippen molar-refractivity contribution in [3.8, 4) is 0 Å². The van der Waals surface area contributed by atoms with E-state index in [1.165, 1.54) is 6.07 Å². The Morgan fingerprint density at radius 1 is 1.39 bits per heavy atom. The zero-order valence-electron chi connectivity index (χ0n) is 10.2. The van der Waals surface area contributed by atoms with Crippen molar-refractivity contribution in [1.82, 2.24) is 15.5 Å². The predicted octanol–water partition coefficient (Wildman–Crippen LogP) is 2.78. The first-order valence-corrected chi connectivity index (χ1v) is 6.48. The molecule has 0 aliphatic carbocycles. The highest BCUT2D eigenvalue weighted by atomic mass is 32.2. The second-order valence-electron chi connectivity index (χ2n) is 3.70. The van der Waals surface area contributed by atoms with Crippen LogP contribution in [0.2, 0.25) is 0 Å². The number of hydrogen-bond acceptors (Lipinski definition) is 5. The van der Waals surface area contributed by atoms with Gasteiger partial charge in [0, 0.05) is 13.5 Å². The average molecular weight is 267 g/mol. The van der Waals surface area contributed by atoms with E-state index in [0.29, 0.717) is 22.6 Å². The van der Waals surface area contributed by atoms with E-state index in [2.05, 4.69) is 15.5 Å². The fraction of sp³-hybridized carbons (Fsp3) is 0.333. The van der Waals surface area contributed by atoms with Crippen molar-refractivity contribution >= 4 is 11.8 Å². The highest BCUT2D eigenvalue weighted by Gasteiger charge is 2.13. The summed E-state index contributed by atoms with van der Waals surface area (Å²) in [7, 11) is 0. The predicted molar refractivity (Wildman–Crippen MR) is 66.9 cm³/mol. The van der Waals surface area contributed by atoms with Gasteiger partial charge in [0.1, 0.15) is 5.82 Å². The Bertz CT molecular complexity index is 530. The Labute approximate surface area is 109 Å². The molecule has 0 atom stereocenters. The molecule has 1 aromatic heterocycles. The maximum atomic E-state index is 13.8. The van der Waals surface area contributed by atoms with Crippen molar-refractivity contribution in [3.63, 3.8) is 0 Å². The van der Waals surface area contributed by atoms with Gasteiger partial charge in [-0.2, -0.15) is 0 Å². The quantitative estimate of drug-likeness (QED) is 0.902. The summed E-state index contributed by atoms with van der Waals surface area (Å²) in [6.45, 7) is 5.16. The molecule has 6 heteroatoms. The molecule has 96 valence electrons. The van der Waals surface area contributed by atoms with Gasteiger partial charge in [0.15, 0.2) is 0 Å². The number of halogens is 1. The number of benzene rings is 1. The van der Waals surface area contributed by atoms with E-state index in [1.807, 2.05) is 13.0 Å². The molecule has 0 radical (unpaired) electrons. The third kappa shape index (κ3) is 3.08. The van der Waals surface area contributed by atoms with Crippen LogP contribution in [0, 0.1) is 12.7 Å².